The SMILES string of the molecule is CC(C)/C=[N+](\[O-])C(C)c1c(C(C)C)cc(C(C)C)cc1C(C)C. The van der Waals surface area contributed by atoms with Crippen LogP contribution in [0.5, 0.6) is 0 Å². The Bertz CT molecular complexity index is 524. The molecule has 1 atom stereocenters. The zero-order valence-electron chi connectivity index (χ0n) is 16.5. The predicted octanol–water partition coefficient (Wildman–Crippen LogP) is 6.35. The number of hydroxylamine groups is 1. The number of benzene rings is 1. The van der Waals surface area contributed by atoms with Crippen molar-refractivity contribution in [1.29, 1.82) is 0 Å². The fraction of sp³-hybridized carbons (Fsp3) is 0.667. The second kappa shape index (κ2) is 7.99. The van der Waals surface area contributed by atoms with E-state index in [4.69, 9.17) is 0 Å². The molecule has 23 heavy (non-hydrogen) atoms. The quantitative estimate of drug-likeness (QED) is 0.259. The lowest BCUT2D eigenvalue weighted by Gasteiger charge is -2.26. The summed E-state index contributed by atoms with van der Waals surface area (Å²) in [5, 5.41) is 12.6. The van der Waals surface area contributed by atoms with Gasteiger partial charge in [0.25, 0.3) is 0 Å². The van der Waals surface area contributed by atoms with Crippen LogP contribution in [0.1, 0.15) is 108 Å². The van der Waals surface area contributed by atoms with Crippen molar-refractivity contribution in [3.05, 3.63) is 39.6 Å². The summed E-state index contributed by atoms with van der Waals surface area (Å²) in [5.41, 5.74) is 5.25. The largest absolute Gasteiger partial charge is 0.624 e. The molecular weight excluding hydrogens is 282 g/mol. The Morgan fingerprint density at radius 3 is 1.52 bits per heavy atom. The number of hydrogen-bond donors (Lipinski definition) is 0. The van der Waals surface area contributed by atoms with Gasteiger partial charge in [0.15, 0.2) is 12.3 Å². The third-order valence-corrected chi connectivity index (χ3v) is 4.42. The van der Waals surface area contributed by atoms with Gasteiger partial charge in [-0.2, -0.15) is 0 Å². The van der Waals surface area contributed by atoms with E-state index in [-0.39, 0.29) is 12.0 Å². The van der Waals surface area contributed by atoms with Gasteiger partial charge < -0.3 is 5.21 Å². The van der Waals surface area contributed by atoms with Crippen molar-refractivity contribution in [2.24, 2.45) is 5.92 Å². The topological polar surface area (TPSA) is 26.1 Å². The lowest BCUT2D eigenvalue weighted by atomic mass is 9.82. The van der Waals surface area contributed by atoms with Crippen LogP contribution in [0.25, 0.3) is 0 Å². The monoisotopic (exact) mass is 317 g/mol. The summed E-state index contributed by atoms with van der Waals surface area (Å²) in [5.74, 6) is 1.59. The maximum atomic E-state index is 12.6. The Kier molecular flexibility index (Phi) is 6.85. The first-order valence-electron chi connectivity index (χ1n) is 9.04. The van der Waals surface area contributed by atoms with Gasteiger partial charge in [0, 0.05) is 18.4 Å². The van der Waals surface area contributed by atoms with Gasteiger partial charge >= 0.3 is 0 Å². The Hall–Kier alpha value is -1.31. The number of hydrogen-bond acceptors (Lipinski definition) is 1. The highest BCUT2D eigenvalue weighted by Crippen LogP contribution is 2.36. The smallest absolute Gasteiger partial charge is 0.185 e. The molecule has 1 rings (SSSR count). The van der Waals surface area contributed by atoms with Crippen molar-refractivity contribution in [3.63, 3.8) is 0 Å². The summed E-state index contributed by atoms with van der Waals surface area (Å²) < 4.78 is 1.15. The molecule has 2 nitrogen and oxygen atoms in total. The Morgan fingerprint density at radius 1 is 0.783 bits per heavy atom. The molecule has 0 saturated heterocycles. The van der Waals surface area contributed by atoms with Crippen LogP contribution in [0.15, 0.2) is 12.1 Å². The maximum absolute atomic E-state index is 12.6. The molecule has 0 radical (unpaired) electrons. The fourth-order valence-corrected chi connectivity index (χ4v) is 3.04. The molecule has 0 bridgehead atoms. The molecule has 0 fully saturated rings. The molecule has 1 aromatic rings. The van der Waals surface area contributed by atoms with Gasteiger partial charge in [0.2, 0.25) is 0 Å². The van der Waals surface area contributed by atoms with Gasteiger partial charge in [-0.05, 0) is 34.4 Å². The second-order valence-corrected chi connectivity index (χ2v) is 8.01. The minimum absolute atomic E-state index is 0.145. The standard InChI is InChI=1S/C21H35NO/c1-13(2)12-22(23)17(9)21-19(15(5)6)10-18(14(3)4)11-20(21)16(7)8/h10-17H,1-9H3/b22-12-. The Morgan fingerprint density at radius 2 is 1.22 bits per heavy atom. The first-order valence-corrected chi connectivity index (χ1v) is 9.04. The number of nitrogens with zero attached hydrogens (tertiary/aromatic N) is 1. The molecule has 0 heterocycles. The van der Waals surface area contributed by atoms with Crippen molar-refractivity contribution in [2.75, 3.05) is 0 Å². The summed E-state index contributed by atoms with van der Waals surface area (Å²) in [6, 6.07) is 4.49. The fourth-order valence-electron chi connectivity index (χ4n) is 3.04. The molecule has 2 heteroatoms. The molecule has 0 aromatic heterocycles. The van der Waals surface area contributed by atoms with E-state index in [9.17, 15) is 5.21 Å². The molecule has 0 spiro atoms. The Balaban J connectivity index is 3.61. The van der Waals surface area contributed by atoms with Crippen LogP contribution in [0.4, 0.5) is 0 Å². The second-order valence-electron chi connectivity index (χ2n) is 8.01. The summed E-state index contributed by atoms with van der Waals surface area (Å²) in [7, 11) is 0. The molecule has 0 aliphatic rings. The maximum Gasteiger partial charge on any atom is 0.185 e. The Labute approximate surface area is 143 Å². The van der Waals surface area contributed by atoms with Crippen LogP contribution in [-0.2, 0) is 0 Å². The highest BCUT2D eigenvalue weighted by molar-refractivity contribution is 5.54. The van der Waals surface area contributed by atoms with E-state index in [0.717, 1.165) is 4.74 Å². The van der Waals surface area contributed by atoms with E-state index in [1.165, 1.54) is 22.3 Å². The molecule has 0 aliphatic carbocycles. The molecule has 0 amide bonds. The van der Waals surface area contributed by atoms with Gasteiger partial charge in [-0.3, -0.25) is 0 Å². The zero-order valence-corrected chi connectivity index (χ0v) is 16.5. The van der Waals surface area contributed by atoms with Crippen LogP contribution in [-0.4, -0.2) is 11.0 Å². The predicted molar refractivity (Wildman–Crippen MR) is 102 cm³/mol. The molecular formula is C21H35NO. The molecule has 1 unspecified atom stereocenters. The average molecular weight is 318 g/mol. The van der Waals surface area contributed by atoms with E-state index in [0.29, 0.717) is 17.8 Å². The van der Waals surface area contributed by atoms with Crippen LogP contribution < -0.4 is 0 Å². The first kappa shape index (κ1) is 19.7. The van der Waals surface area contributed by atoms with Crippen LogP contribution in [0.2, 0.25) is 0 Å². The van der Waals surface area contributed by atoms with Crippen LogP contribution in [0.3, 0.4) is 0 Å². The summed E-state index contributed by atoms with van der Waals surface area (Å²) in [4.78, 5) is 0. The molecule has 0 N–H and O–H groups in total. The third-order valence-electron chi connectivity index (χ3n) is 4.42. The van der Waals surface area contributed by atoms with Gasteiger partial charge in [0.1, 0.15) is 0 Å². The minimum atomic E-state index is -0.145. The van der Waals surface area contributed by atoms with E-state index in [2.05, 4.69) is 53.7 Å². The highest BCUT2D eigenvalue weighted by atomic mass is 16.5. The molecule has 0 saturated carbocycles. The summed E-state index contributed by atoms with van der Waals surface area (Å²) >= 11 is 0. The van der Waals surface area contributed by atoms with Gasteiger partial charge in [-0.1, -0.05) is 67.5 Å². The number of rotatable bonds is 6. The third kappa shape index (κ3) is 4.83. The lowest BCUT2D eigenvalue weighted by Crippen LogP contribution is -2.18. The molecule has 1 aromatic carbocycles. The van der Waals surface area contributed by atoms with E-state index in [1.807, 2.05) is 20.8 Å². The van der Waals surface area contributed by atoms with Gasteiger partial charge in [-0.25, -0.2) is 4.74 Å². The summed E-state index contributed by atoms with van der Waals surface area (Å²) in [6.07, 6.45) is 1.79. The van der Waals surface area contributed by atoms with E-state index in [1.54, 1.807) is 6.21 Å². The molecule has 0 aliphatic heterocycles. The lowest BCUT2D eigenvalue weighted by molar-refractivity contribution is -0.500. The normalized spacial score (nSPS) is 14.4. The van der Waals surface area contributed by atoms with Crippen LogP contribution >= 0.6 is 0 Å². The zero-order chi connectivity index (χ0) is 17.9. The van der Waals surface area contributed by atoms with Crippen molar-refractivity contribution >= 4 is 6.21 Å². The van der Waals surface area contributed by atoms with Crippen molar-refractivity contribution in [2.45, 2.75) is 86.1 Å². The van der Waals surface area contributed by atoms with Crippen LogP contribution in [0, 0.1) is 11.1 Å². The van der Waals surface area contributed by atoms with E-state index >= 15 is 0 Å². The van der Waals surface area contributed by atoms with Crippen molar-refractivity contribution in [3.8, 4) is 0 Å². The van der Waals surface area contributed by atoms with Crippen molar-refractivity contribution in [1.82, 2.24) is 0 Å². The van der Waals surface area contributed by atoms with Gasteiger partial charge in [-0.15, -0.1) is 0 Å². The van der Waals surface area contributed by atoms with E-state index < -0.39 is 0 Å². The average Bonchev–Trinajstić information content (AvgIpc) is 2.43. The molecule has 130 valence electrons. The van der Waals surface area contributed by atoms with Crippen molar-refractivity contribution < 1.29 is 4.74 Å². The highest BCUT2D eigenvalue weighted by Gasteiger charge is 2.25. The summed E-state index contributed by atoms with van der Waals surface area (Å²) in [6.45, 7) is 19.5. The van der Waals surface area contributed by atoms with Gasteiger partial charge in [0.05, 0.1) is 0 Å². The minimum Gasteiger partial charge on any atom is -0.624 e. The first-order chi connectivity index (χ1) is 10.6.